The van der Waals surface area contributed by atoms with Gasteiger partial charge in [-0.15, -0.1) is 0 Å². The Balaban J connectivity index is 1.91. The Morgan fingerprint density at radius 2 is 2.20 bits per heavy atom. The van der Waals surface area contributed by atoms with Crippen molar-refractivity contribution in [2.24, 2.45) is 0 Å². The van der Waals surface area contributed by atoms with Crippen LogP contribution in [0, 0.1) is 18.3 Å². The highest BCUT2D eigenvalue weighted by Crippen LogP contribution is 2.19. The molecule has 5 nitrogen and oxygen atoms in total. The molecule has 1 aliphatic heterocycles. The molecule has 1 aromatic rings. The zero-order valence-electron chi connectivity index (χ0n) is 11.6. The van der Waals surface area contributed by atoms with E-state index in [4.69, 9.17) is 5.26 Å². The van der Waals surface area contributed by atoms with Crippen LogP contribution in [0.1, 0.15) is 28.8 Å². The van der Waals surface area contributed by atoms with E-state index in [9.17, 15) is 9.90 Å². The predicted octanol–water partition coefficient (Wildman–Crippen LogP) is 1.42. The number of aromatic hydroxyl groups is 1. The van der Waals surface area contributed by atoms with Crippen molar-refractivity contribution in [1.82, 2.24) is 10.2 Å². The van der Waals surface area contributed by atoms with Gasteiger partial charge in [0.15, 0.2) is 0 Å². The van der Waals surface area contributed by atoms with Gasteiger partial charge in [0.1, 0.15) is 5.75 Å². The molecule has 0 spiro atoms. The summed E-state index contributed by atoms with van der Waals surface area (Å²) in [5.74, 6) is -0.217. The number of nitrogens with zero attached hydrogens (tertiary/aromatic N) is 2. The third-order valence-electron chi connectivity index (χ3n) is 3.61. The summed E-state index contributed by atoms with van der Waals surface area (Å²) in [6, 6.07) is 7.29. The molecule has 2 N–H and O–H groups in total. The summed E-state index contributed by atoms with van der Waals surface area (Å²) < 4.78 is 0. The lowest BCUT2D eigenvalue weighted by molar-refractivity contribution is 0.0911. The molecule has 106 valence electrons. The van der Waals surface area contributed by atoms with Crippen molar-refractivity contribution in [2.75, 3.05) is 19.6 Å². The lowest BCUT2D eigenvalue weighted by atomic mass is 10.0. The Morgan fingerprint density at radius 3 is 2.80 bits per heavy atom. The molecule has 0 bridgehead atoms. The largest absolute Gasteiger partial charge is 0.507 e. The lowest BCUT2D eigenvalue weighted by Gasteiger charge is -2.30. The fraction of sp³-hybridized carbons (Fsp3) is 0.467. The highest BCUT2D eigenvalue weighted by atomic mass is 16.3. The second kappa shape index (κ2) is 6.40. The number of nitrogens with one attached hydrogen (secondary N) is 1. The first kappa shape index (κ1) is 14.4. The number of benzene rings is 1. The summed E-state index contributed by atoms with van der Waals surface area (Å²) in [7, 11) is 0. The van der Waals surface area contributed by atoms with Crippen LogP contribution in [-0.4, -0.2) is 41.6 Å². The molecule has 0 aromatic heterocycles. The number of nitriles is 1. The van der Waals surface area contributed by atoms with E-state index in [1.165, 1.54) is 0 Å². The van der Waals surface area contributed by atoms with E-state index < -0.39 is 0 Å². The first-order chi connectivity index (χ1) is 9.60. The average molecular weight is 273 g/mol. The number of phenolic OH excluding ortho intramolecular Hbond substituents is 1. The van der Waals surface area contributed by atoms with Crippen molar-refractivity contribution in [3.05, 3.63) is 29.3 Å². The van der Waals surface area contributed by atoms with Gasteiger partial charge < -0.3 is 10.4 Å². The summed E-state index contributed by atoms with van der Waals surface area (Å²) in [5, 5.41) is 21.4. The summed E-state index contributed by atoms with van der Waals surface area (Å²) in [6.07, 6.45) is 1.67. The van der Waals surface area contributed by atoms with Gasteiger partial charge in [-0.1, -0.05) is 6.07 Å². The van der Waals surface area contributed by atoms with E-state index in [0.717, 1.165) is 31.5 Å². The van der Waals surface area contributed by atoms with E-state index in [0.29, 0.717) is 12.1 Å². The van der Waals surface area contributed by atoms with Gasteiger partial charge in [0, 0.05) is 19.1 Å². The predicted molar refractivity (Wildman–Crippen MR) is 75.4 cm³/mol. The van der Waals surface area contributed by atoms with E-state index in [1.807, 2.05) is 13.0 Å². The van der Waals surface area contributed by atoms with Crippen molar-refractivity contribution < 1.29 is 9.90 Å². The number of hydrogen-bond donors (Lipinski definition) is 2. The molecule has 1 heterocycles. The highest BCUT2D eigenvalue weighted by molar-refractivity contribution is 5.97. The van der Waals surface area contributed by atoms with Crippen LogP contribution in [0.2, 0.25) is 0 Å². The molecule has 5 heteroatoms. The number of carbonyl (C=O) groups excluding carboxylic acids is 1. The molecule has 0 unspecified atom stereocenters. The van der Waals surface area contributed by atoms with Gasteiger partial charge in [-0.3, -0.25) is 9.69 Å². The molecule has 0 radical (unpaired) electrons. The van der Waals surface area contributed by atoms with Crippen LogP contribution in [0.4, 0.5) is 0 Å². The Bertz CT molecular complexity index is 528. The minimum absolute atomic E-state index is 0.0180. The first-order valence-electron chi connectivity index (χ1n) is 6.80. The van der Waals surface area contributed by atoms with Crippen LogP contribution in [0.5, 0.6) is 5.75 Å². The Labute approximate surface area is 118 Å². The summed E-state index contributed by atoms with van der Waals surface area (Å²) in [5.41, 5.74) is 1.24. The molecule has 1 aliphatic rings. The van der Waals surface area contributed by atoms with Gasteiger partial charge in [0.2, 0.25) is 0 Å². The molecule has 0 atom stereocenters. The Morgan fingerprint density at radius 1 is 1.50 bits per heavy atom. The van der Waals surface area contributed by atoms with Gasteiger partial charge in [0.05, 0.1) is 18.2 Å². The topological polar surface area (TPSA) is 76.4 Å². The zero-order valence-corrected chi connectivity index (χ0v) is 11.6. The number of phenols is 1. The highest BCUT2D eigenvalue weighted by Gasteiger charge is 2.21. The zero-order chi connectivity index (χ0) is 14.5. The first-order valence-corrected chi connectivity index (χ1v) is 6.80. The van der Waals surface area contributed by atoms with Crippen LogP contribution in [0.15, 0.2) is 18.2 Å². The molecule has 1 amide bonds. The van der Waals surface area contributed by atoms with Crippen molar-refractivity contribution in [3.8, 4) is 11.8 Å². The molecule has 2 rings (SSSR count). The second-order valence-electron chi connectivity index (χ2n) is 5.20. The Kier molecular flexibility index (Phi) is 4.59. The van der Waals surface area contributed by atoms with Gasteiger partial charge in [0.25, 0.3) is 5.91 Å². The van der Waals surface area contributed by atoms with E-state index in [1.54, 1.807) is 12.1 Å². The molecule has 0 aliphatic carbocycles. The number of aryl methyl sites for hydroxylation is 1. The van der Waals surface area contributed by atoms with Crippen LogP contribution < -0.4 is 5.32 Å². The number of likely N-dealkylation sites (tertiary alicyclic amines) is 1. The Hall–Kier alpha value is -2.06. The maximum absolute atomic E-state index is 12.1. The number of piperidine rings is 1. The smallest absolute Gasteiger partial charge is 0.255 e. The second-order valence-corrected chi connectivity index (χ2v) is 5.20. The van der Waals surface area contributed by atoms with E-state index in [-0.39, 0.29) is 17.7 Å². The fourth-order valence-electron chi connectivity index (χ4n) is 2.43. The van der Waals surface area contributed by atoms with Crippen molar-refractivity contribution in [3.63, 3.8) is 0 Å². The van der Waals surface area contributed by atoms with Crippen molar-refractivity contribution >= 4 is 5.91 Å². The van der Waals surface area contributed by atoms with Crippen molar-refractivity contribution in [2.45, 2.75) is 25.8 Å². The standard InChI is InChI=1S/C15H19N3O2/c1-11-2-3-13(14(19)10-11)15(20)17-12-4-7-18(8-5-12)9-6-16/h2-3,10,12,19H,4-5,7-9H2,1H3,(H,17,20). The minimum Gasteiger partial charge on any atom is -0.507 e. The van der Waals surface area contributed by atoms with E-state index >= 15 is 0 Å². The molecule has 1 fully saturated rings. The molecular weight excluding hydrogens is 254 g/mol. The maximum atomic E-state index is 12.1. The third kappa shape index (κ3) is 3.49. The van der Waals surface area contributed by atoms with Gasteiger partial charge >= 0.3 is 0 Å². The van der Waals surface area contributed by atoms with Gasteiger partial charge in [-0.25, -0.2) is 0 Å². The maximum Gasteiger partial charge on any atom is 0.255 e. The molecule has 0 saturated carbocycles. The molecule has 1 aromatic carbocycles. The molecule has 20 heavy (non-hydrogen) atoms. The SMILES string of the molecule is Cc1ccc(C(=O)NC2CCN(CC#N)CC2)c(O)c1. The van der Waals surface area contributed by atoms with Gasteiger partial charge in [-0.05, 0) is 37.5 Å². The van der Waals surface area contributed by atoms with E-state index in [2.05, 4.69) is 16.3 Å². The van der Waals surface area contributed by atoms with Crippen LogP contribution in [0.3, 0.4) is 0 Å². The molecule has 1 saturated heterocycles. The monoisotopic (exact) mass is 273 g/mol. The fourth-order valence-corrected chi connectivity index (χ4v) is 2.43. The quantitative estimate of drug-likeness (QED) is 0.817. The third-order valence-corrected chi connectivity index (χ3v) is 3.61. The number of carbonyl (C=O) groups is 1. The summed E-state index contributed by atoms with van der Waals surface area (Å²) in [6.45, 7) is 3.95. The van der Waals surface area contributed by atoms with Crippen LogP contribution in [0.25, 0.3) is 0 Å². The lowest BCUT2D eigenvalue weighted by Crippen LogP contribution is -2.44. The van der Waals surface area contributed by atoms with Crippen molar-refractivity contribution in [1.29, 1.82) is 5.26 Å². The van der Waals surface area contributed by atoms with Gasteiger partial charge in [-0.2, -0.15) is 5.26 Å². The number of amides is 1. The normalized spacial score (nSPS) is 16.6. The van der Waals surface area contributed by atoms with Crippen LogP contribution >= 0.6 is 0 Å². The average Bonchev–Trinajstić information content (AvgIpc) is 2.41. The molecular formula is C15H19N3O2. The summed E-state index contributed by atoms with van der Waals surface area (Å²) in [4.78, 5) is 14.2. The number of hydrogen-bond acceptors (Lipinski definition) is 4. The number of rotatable bonds is 3. The van der Waals surface area contributed by atoms with Crippen LogP contribution in [-0.2, 0) is 0 Å². The minimum atomic E-state index is -0.235. The summed E-state index contributed by atoms with van der Waals surface area (Å²) >= 11 is 0.